The number of carbonyl (C=O) groups is 1. The summed E-state index contributed by atoms with van der Waals surface area (Å²) in [5.41, 5.74) is 5.55. The number of amides is 1. The fourth-order valence-electron chi connectivity index (χ4n) is 3.01. The Kier molecular flexibility index (Phi) is 2.75. The number of hydrogen-bond donors (Lipinski definition) is 1. The molecule has 1 aliphatic carbocycles. The van der Waals surface area contributed by atoms with Crippen LogP contribution in [0.3, 0.4) is 0 Å². The largest absolute Gasteiger partial charge is 0.338 e. The van der Waals surface area contributed by atoms with Gasteiger partial charge in [0.1, 0.15) is 0 Å². The fourth-order valence-corrected chi connectivity index (χ4v) is 3.01. The van der Waals surface area contributed by atoms with Gasteiger partial charge in [-0.15, -0.1) is 0 Å². The number of likely N-dealkylation sites (tertiary alicyclic amines) is 1. The van der Waals surface area contributed by atoms with Crippen LogP contribution in [0, 0.1) is 5.92 Å². The van der Waals surface area contributed by atoms with E-state index in [0.29, 0.717) is 6.04 Å². The molecule has 2 rings (SSSR count). The Morgan fingerprint density at radius 2 is 2.07 bits per heavy atom. The van der Waals surface area contributed by atoms with Gasteiger partial charge in [0, 0.05) is 12.6 Å². The molecule has 86 valence electrons. The minimum Gasteiger partial charge on any atom is -0.338 e. The second kappa shape index (κ2) is 3.78. The molecule has 1 saturated heterocycles. The summed E-state index contributed by atoms with van der Waals surface area (Å²) in [5, 5.41) is 0. The summed E-state index contributed by atoms with van der Waals surface area (Å²) in [7, 11) is 0. The second-order valence-corrected chi connectivity index (χ2v) is 5.15. The second-order valence-electron chi connectivity index (χ2n) is 5.15. The van der Waals surface area contributed by atoms with E-state index in [9.17, 15) is 4.79 Å². The Labute approximate surface area is 92.0 Å². The Balaban J connectivity index is 2.08. The smallest absolute Gasteiger partial charge is 0.242 e. The van der Waals surface area contributed by atoms with Crippen molar-refractivity contribution in [2.75, 3.05) is 6.54 Å². The molecule has 1 saturated carbocycles. The fraction of sp³-hybridized carbons (Fsp3) is 0.917. The highest BCUT2D eigenvalue weighted by Crippen LogP contribution is 2.38. The van der Waals surface area contributed by atoms with E-state index < -0.39 is 5.54 Å². The monoisotopic (exact) mass is 210 g/mol. The molecule has 2 bridgehead atoms. The average Bonchev–Trinajstić information content (AvgIpc) is 2.88. The third-order valence-corrected chi connectivity index (χ3v) is 4.36. The molecular formula is C12H22N2O. The minimum absolute atomic E-state index is 0.194. The molecular weight excluding hydrogens is 188 g/mol. The van der Waals surface area contributed by atoms with E-state index in [0.717, 1.165) is 25.3 Å². The molecule has 1 amide bonds. The minimum atomic E-state index is -0.607. The molecule has 15 heavy (non-hydrogen) atoms. The van der Waals surface area contributed by atoms with Gasteiger partial charge in [0.25, 0.3) is 0 Å². The molecule has 0 radical (unpaired) electrons. The zero-order chi connectivity index (χ0) is 11.1. The summed E-state index contributed by atoms with van der Waals surface area (Å²) in [6.07, 6.45) is 5.21. The molecule has 2 atom stereocenters. The third-order valence-electron chi connectivity index (χ3n) is 4.36. The van der Waals surface area contributed by atoms with E-state index in [1.807, 2.05) is 13.8 Å². The van der Waals surface area contributed by atoms with Crippen molar-refractivity contribution < 1.29 is 4.79 Å². The molecule has 1 aliphatic heterocycles. The van der Waals surface area contributed by atoms with Gasteiger partial charge < -0.3 is 10.6 Å². The van der Waals surface area contributed by atoms with Crippen LogP contribution in [0.4, 0.5) is 0 Å². The van der Waals surface area contributed by atoms with Crippen LogP contribution >= 0.6 is 0 Å². The molecule has 2 N–H and O–H groups in total. The Bertz CT molecular complexity index is 260. The van der Waals surface area contributed by atoms with Gasteiger partial charge >= 0.3 is 0 Å². The maximum Gasteiger partial charge on any atom is 0.242 e. The van der Waals surface area contributed by atoms with Gasteiger partial charge in [0.2, 0.25) is 5.91 Å². The van der Waals surface area contributed by atoms with E-state index in [1.54, 1.807) is 0 Å². The van der Waals surface area contributed by atoms with Gasteiger partial charge in [-0.3, -0.25) is 4.79 Å². The molecule has 2 aliphatic rings. The summed E-state index contributed by atoms with van der Waals surface area (Å²) in [6.45, 7) is 4.98. The van der Waals surface area contributed by atoms with Gasteiger partial charge in [0.15, 0.2) is 0 Å². The summed E-state index contributed by atoms with van der Waals surface area (Å²) in [4.78, 5) is 14.4. The maximum atomic E-state index is 12.3. The van der Waals surface area contributed by atoms with Crippen molar-refractivity contribution in [2.24, 2.45) is 11.7 Å². The molecule has 2 fully saturated rings. The lowest BCUT2D eigenvalue weighted by atomic mass is 9.91. The van der Waals surface area contributed by atoms with Crippen LogP contribution in [-0.4, -0.2) is 28.9 Å². The van der Waals surface area contributed by atoms with Crippen LogP contribution in [-0.2, 0) is 4.79 Å². The number of fused-ring (bicyclic) bond motifs is 2. The zero-order valence-corrected chi connectivity index (χ0v) is 9.83. The first-order chi connectivity index (χ1) is 7.10. The SMILES string of the molecule is CCC(N)(CC)C(=O)N1CC2CCC1C2. The van der Waals surface area contributed by atoms with Gasteiger partial charge in [-0.2, -0.15) is 0 Å². The van der Waals surface area contributed by atoms with E-state index in [2.05, 4.69) is 4.90 Å². The van der Waals surface area contributed by atoms with Crippen LogP contribution in [0.1, 0.15) is 46.0 Å². The molecule has 0 aromatic heterocycles. The predicted molar refractivity (Wildman–Crippen MR) is 60.3 cm³/mol. The number of hydrogen-bond acceptors (Lipinski definition) is 2. The normalized spacial score (nSPS) is 29.9. The van der Waals surface area contributed by atoms with Crippen molar-refractivity contribution in [1.82, 2.24) is 4.90 Å². The van der Waals surface area contributed by atoms with E-state index in [1.165, 1.54) is 19.3 Å². The zero-order valence-electron chi connectivity index (χ0n) is 9.83. The summed E-state index contributed by atoms with van der Waals surface area (Å²) in [5.74, 6) is 0.955. The van der Waals surface area contributed by atoms with Crippen LogP contribution in [0.2, 0.25) is 0 Å². The van der Waals surface area contributed by atoms with Crippen molar-refractivity contribution >= 4 is 5.91 Å². The molecule has 1 heterocycles. The van der Waals surface area contributed by atoms with Crippen LogP contribution in [0.25, 0.3) is 0 Å². The highest BCUT2D eigenvalue weighted by Gasteiger charge is 2.45. The van der Waals surface area contributed by atoms with Crippen molar-refractivity contribution in [3.05, 3.63) is 0 Å². The first-order valence-corrected chi connectivity index (χ1v) is 6.20. The van der Waals surface area contributed by atoms with E-state index >= 15 is 0 Å². The molecule has 3 heteroatoms. The number of nitrogens with zero attached hydrogens (tertiary/aromatic N) is 1. The molecule has 0 spiro atoms. The van der Waals surface area contributed by atoms with E-state index in [-0.39, 0.29) is 5.91 Å². The highest BCUT2D eigenvalue weighted by molar-refractivity contribution is 5.86. The van der Waals surface area contributed by atoms with Crippen molar-refractivity contribution in [3.8, 4) is 0 Å². The third kappa shape index (κ3) is 1.67. The quantitative estimate of drug-likeness (QED) is 0.767. The van der Waals surface area contributed by atoms with Crippen LogP contribution in [0.15, 0.2) is 0 Å². The molecule has 3 nitrogen and oxygen atoms in total. The highest BCUT2D eigenvalue weighted by atomic mass is 16.2. The van der Waals surface area contributed by atoms with Crippen molar-refractivity contribution in [1.29, 1.82) is 0 Å². The molecule has 0 aromatic rings. The number of rotatable bonds is 3. The lowest BCUT2D eigenvalue weighted by Crippen LogP contribution is -2.56. The Morgan fingerprint density at radius 3 is 2.47 bits per heavy atom. The summed E-state index contributed by atoms with van der Waals surface area (Å²) >= 11 is 0. The first-order valence-electron chi connectivity index (χ1n) is 6.20. The lowest BCUT2D eigenvalue weighted by molar-refractivity contribution is -0.139. The number of piperidine rings is 1. The average molecular weight is 210 g/mol. The standard InChI is InChI=1S/C12H22N2O/c1-3-12(13,4-2)11(15)14-8-9-5-6-10(14)7-9/h9-10H,3-8,13H2,1-2H3. The number of carbonyl (C=O) groups excluding carboxylic acids is 1. The molecule has 0 aromatic carbocycles. The van der Waals surface area contributed by atoms with Crippen LogP contribution < -0.4 is 5.73 Å². The lowest BCUT2D eigenvalue weighted by Gasteiger charge is -2.35. The van der Waals surface area contributed by atoms with Gasteiger partial charge in [-0.1, -0.05) is 13.8 Å². The Morgan fingerprint density at radius 1 is 1.40 bits per heavy atom. The summed E-state index contributed by atoms with van der Waals surface area (Å²) < 4.78 is 0. The maximum absolute atomic E-state index is 12.3. The number of nitrogens with two attached hydrogens (primary N) is 1. The van der Waals surface area contributed by atoms with Crippen molar-refractivity contribution in [3.63, 3.8) is 0 Å². The molecule has 2 unspecified atom stereocenters. The van der Waals surface area contributed by atoms with Gasteiger partial charge in [-0.25, -0.2) is 0 Å². The summed E-state index contributed by atoms with van der Waals surface area (Å²) in [6, 6.07) is 0.503. The predicted octanol–water partition coefficient (Wildman–Crippen LogP) is 1.51. The topological polar surface area (TPSA) is 46.3 Å². The first kappa shape index (κ1) is 10.9. The van der Waals surface area contributed by atoms with Crippen molar-refractivity contribution in [2.45, 2.75) is 57.5 Å². The van der Waals surface area contributed by atoms with Gasteiger partial charge in [0.05, 0.1) is 5.54 Å². The van der Waals surface area contributed by atoms with E-state index in [4.69, 9.17) is 5.73 Å². The Hall–Kier alpha value is -0.570. The van der Waals surface area contributed by atoms with Crippen LogP contribution in [0.5, 0.6) is 0 Å². The van der Waals surface area contributed by atoms with Gasteiger partial charge in [-0.05, 0) is 38.0 Å².